The summed E-state index contributed by atoms with van der Waals surface area (Å²) in [5.41, 5.74) is 6.54. The smallest absolute Gasteiger partial charge is 0.237 e. The quantitative estimate of drug-likeness (QED) is 0.839. The Morgan fingerprint density at radius 3 is 2.78 bits per heavy atom. The summed E-state index contributed by atoms with van der Waals surface area (Å²) in [7, 11) is 1.56. The van der Waals surface area contributed by atoms with Gasteiger partial charge in [0, 0.05) is 18.8 Å². The molecule has 0 aromatic carbocycles. The van der Waals surface area contributed by atoms with Crippen molar-refractivity contribution in [3.05, 3.63) is 23.9 Å². The molecule has 5 heteroatoms. The zero-order valence-electron chi connectivity index (χ0n) is 11.4. The minimum absolute atomic E-state index is 0.154. The molecule has 0 fully saturated rings. The van der Waals surface area contributed by atoms with Crippen molar-refractivity contribution >= 4 is 5.91 Å². The van der Waals surface area contributed by atoms with E-state index in [4.69, 9.17) is 10.5 Å². The highest BCUT2D eigenvalue weighted by Crippen LogP contribution is 2.17. The number of methoxy groups -OCH3 is 1. The molecule has 100 valence electrons. The molecule has 0 aliphatic heterocycles. The molecule has 0 spiro atoms. The summed E-state index contributed by atoms with van der Waals surface area (Å²) < 4.78 is 5.01. The normalized spacial score (nSPS) is 12.9. The van der Waals surface area contributed by atoms with E-state index in [1.807, 2.05) is 26.8 Å². The zero-order chi connectivity index (χ0) is 13.8. The second-order valence-corrected chi connectivity index (χ2v) is 5.27. The Morgan fingerprint density at radius 2 is 2.22 bits per heavy atom. The fourth-order valence-corrected chi connectivity index (χ4v) is 1.36. The minimum atomic E-state index is -0.527. The summed E-state index contributed by atoms with van der Waals surface area (Å²) >= 11 is 0. The molecule has 0 aliphatic rings. The summed E-state index contributed by atoms with van der Waals surface area (Å²) in [5, 5.41) is 2.81. The topological polar surface area (TPSA) is 77.2 Å². The van der Waals surface area contributed by atoms with E-state index in [1.165, 1.54) is 0 Å². The number of carbonyl (C=O) groups is 1. The molecule has 0 unspecified atom stereocenters. The van der Waals surface area contributed by atoms with Gasteiger partial charge in [-0.1, -0.05) is 20.8 Å². The van der Waals surface area contributed by atoms with Crippen LogP contribution in [-0.2, 0) is 11.3 Å². The monoisotopic (exact) mass is 251 g/mol. The molecule has 1 rings (SSSR count). The first-order valence-electron chi connectivity index (χ1n) is 5.87. The number of pyridine rings is 1. The largest absolute Gasteiger partial charge is 0.481 e. The van der Waals surface area contributed by atoms with E-state index in [0.29, 0.717) is 12.4 Å². The standard InChI is InChI=1S/C13H21N3O2/c1-13(2,3)11(14)12(17)16-8-9-5-6-15-10(7-9)18-4/h5-7,11H,8,14H2,1-4H3,(H,16,17)/t11-/m1/s1. The van der Waals surface area contributed by atoms with Crippen LogP contribution >= 0.6 is 0 Å². The van der Waals surface area contributed by atoms with Crippen molar-refractivity contribution in [1.82, 2.24) is 10.3 Å². The Balaban J connectivity index is 2.57. The molecule has 3 N–H and O–H groups in total. The number of nitrogens with zero attached hydrogens (tertiary/aromatic N) is 1. The molecule has 1 aromatic rings. The van der Waals surface area contributed by atoms with Crippen molar-refractivity contribution in [2.75, 3.05) is 7.11 Å². The Labute approximate surface area is 108 Å². The van der Waals surface area contributed by atoms with E-state index in [2.05, 4.69) is 10.3 Å². The highest BCUT2D eigenvalue weighted by Gasteiger charge is 2.27. The molecule has 5 nitrogen and oxygen atoms in total. The van der Waals surface area contributed by atoms with Crippen LogP contribution in [0.15, 0.2) is 18.3 Å². The molecular weight excluding hydrogens is 230 g/mol. The lowest BCUT2D eigenvalue weighted by Crippen LogP contribution is -2.48. The van der Waals surface area contributed by atoms with Gasteiger partial charge in [-0.15, -0.1) is 0 Å². The average molecular weight is 251 g/mol. The molecular formula is C13H21N3O2. The van der Waals surface area contributed by atoms with E-state index in [1.54, 1.807) is 19.4 Å². The van der Waals surface area contributed by atoms with Crippen molar-refractivity contribution in [1.29, 1.82) is 0 Å². The average Bonchev–Trinajstić information content (AvgIpc) is 2.34. The number of hydrogen-bond acceptors (Lipinski definition) is 4. The Morgan fingerprint density at radius 1 is 1.56 bits per heavy atom. The van der Waals surface area contributed by atoms with Gasteiger partial charge < -0.3 is 15.8 Å². The Hall–Kier alpha value is -1.62. The van der Waals surface area contributed by atoms with E-state index in [9.17, 15) is 4.79 Å². The first kappa shape index (κ1) is 14.4. The van der Waals surface area contributed by atoms with Crippen molar-refractivity contribution in [3.63, 3.8) is 0 Å². The molecule has 1 heterocycles. The van der Waals surface area contributed by atoms with Crippen LogP contribution in [0, 0.1) is 5.41 Å². The number of ether oxygens (including phenoxy) is 1. The summed E-state index contributed by atoms with van der Waals surface area (Å²) in [4.78, 5) is 15.8. The third kappa shape index (κ3) is 4.00. The van der Waals surface area contributed by atoms with Gasteiger partial charge in [0.15, 0.2) is 0 Å². The summed E-state index contributed by atoms with van der Waals surface area (Å²) in [5.74, 6) is 0.375. The molecule has 1 amide bonds. The number of hydrogen-bond donors (Lipinski definition) is 2. The van der Waals surface area contributed by atoms with Crippen LogP contribution in [0.25, 0.3) is 0 Å². The molecule has 18 heavy (non-hydrogen) atoms. The fourth-order valence-electron chi connectivity index (χ4n) is 1.36. The van der Waals surface area contributed by atoms with E-state index in [0.717, 1.165) is 5.56 Å². The SMILES string of the molecule is COc1cc(CNC(=O)[C@@H](N)C(C)(C)C)ccn1. The van der Waals surface area contributed by atoms with Crippen molar-refractivity contribution in [2.24, 2.45) is 11.1 Å². The number of rotatable bonds is 4. The number of amides is 1. The fraction of sp³-hybridized carbons (Fsp3) is 0.538. The first-order chi connectivity index (χ1) is 8.34. The van der Waals surface area contributed by atoms with E-state index >= 15 is 0 Å². The van der Waals surface area contributed by atoms with Crippen LogP contribution in [0.2, 0.25) is 0 Å². The number of nitrogens with one attached hydrogen (secondary N) is 1. The first-order valence-corrected chi connectivity index (χ1v) is 5.87. The predicted octanol–water partition coefficient (Wildman–Crippen LogP) is 1.08. The van der Waals surface area contributed by atoms with Gasteiger partial charge in [0.2, 0.25) is 11.8 Å². The van der Waals surface area contributed by atoms with Crippen LogP contribution in [-0.4, -0.2) is 24.0 Å². The van der Waals surface area contributed by atoms with Gasteiger partial charge >= 0.3 is 0 Å². The van der Waals surface area contributed by atoms with Crippen molar-refractivity contribution in [2.45, 2.75) is 33.4 Å². The maximum atomic E-state index is 11.8. The molecule has 1 atom stereocenters. The van der Waals surface area contributed by atoms with Gasteiger partial charge in [0.1, 0.15) is 0 Å². The van der Waals surface area contributed by atoms with Crippen LogP contribution in [0.5, 0.6) is 5.88 Å². The van der Waals surface area contributed by atoms with E-state index < -0.39 is 6.04 Å². The maximum Gasteiger partial charge on any atom is 0.237 e. The lowest BCUT2D eigenvalue weighted by molar-refractivity contribution is -0.124. The van der Waals surface area contributed by atoms with Gasteiger partial charge in [-0.2, -0.15) is 0 Å². The van der Waals surface area contributed by atoms with Crippen LogP contribution in [0.1, 0.15) is 26.3 Å². The van der Waals surface area contributed by atoms with Gasteiger partial charge in [-0.05, 0) is 17.0 Å². The molecule has 0 saturated heterocycles. The third-order valence-electron chi connectivity index (χ3n) is 2.69. The lowest BCUT2D eigenvalue weighted by Gasteiger charge is -2.25. The van der Waals surface area contributed by atoms with Gasteiger partial charge in [0.25, 0.3) is 0 Å². The predicted molar refractivity (Wildman–Crippen MR) is 70.1 cm³/mol. The number of nitrogens with two attached hydrogens (primary N) is 1. The van der Waals surface area contributed by atoms with Crippen LogP contribution in [0.3, 0.4) is 0 Å². The number of carbonyl (C=O) groups excluding carboxylic acids is 1. The van der Waals surface area contributed by atoms with Gasteiger partial charge in [-0.25, -0.2) is 4.98 Å². The Bertz CT molecular complexity index is 413. The Kier molecular flexibility index (Phi) is 4.67. The maximum absolute atomic E-state index is 11.8. The third-order valence-corrected chi connectivity index (χ3v) is 2.69. The molecule has 0 saturated carbocycles. The van der Waals surface area contributed by atoms with E-state index in [-0.39, 0.29) is 11.3 Å². The minimum Gasteiger partial charge on any atom is -0.481 e. The van der Waals surface area contributed by atoms with Crippen molar-refractivity contribution < 1.29 is 9.53 Å². The summed E-state index contributed by atoms with van der Waals surface area (Å²) in [6, 6.07) is 3.08. The highest BCUT2D eigenvalue weighted by molar-refractivity contribution is 5.82. The zero-order valence-corrected chi connectivity index (χ0v) is 11.4. The molecule has 0 aliphatic carbocycles. The number of aromatic nitrogens is 1. The van der Waals surface area contributed by atoms with Crippen molar-refractivity contribution in [3.8, 4) is 5.88 Å². The van der Waals surface area contributed by atoms with Gasteiger partial charge in [0.05, 0.1) is 13.2 Å². The highest BCUT2D eigenvalue weighted by atomic mass is 16.5. The summed E-state index contributed by atoms with van der Waals surface area (Å²) in [6.45, 7) is 6.23. The van der Waals surface area contributed by atoms with Crippen LogP contribution < -0.4 is 15.8 Å². The van der Waals surface area contributed by atoms with Gasteiger partial charge in [-0.3, -0.25) is 4.79 Å². The summed E-state index contributed by atoms with van der Waals surface area (Å²) in [6.07, 6.45) is 1.64. The van der Waals surface area contributed by atoms with Crippen LogP contribution in [0.4, 0.5) is 0 Å². The molecule has 1 aromatic heterocycles. The molecule has 0 radical (unpaired) electrons. The second-order valence-electron chi connectivity index (χ2n) is 5.27. The second kappa shape index (κ2) is 5.82. The lowest BCUT2D eigenvalue weighted by atomic mass is 9.87. The molecule has 0 bridgehead atoms.